The summed E-state index contributed by atoms with van der Waals surface area (Å²) in [6.07, 6.45) is 4.21. The second kappa shape index (κ2) is 7.11. The standard InChI is InChI=1S/C20H20N6O5/c1-23-20(30)26-6-4-13(10-16(26)22-23)24-7-8-31-15-9-12(11-21-17(15)24)18(27)25-5-2-3-14(25)19(28)29/h4,6,9-11,14H,2-3,5,7-8H2,1H3,(H,28,29)/t14-/m1/s1. The number of rotatable bonds is 3. The molecule has 1 fully saturated rings. The van der Waals surface area contributed by atoms with Crippen LogP contribution in [0.3, 0.4) is 0 Å². The van der Waals surface area contributed by atoms with Crippen LogP contribution in [-0.2, 0) is 11.8 Å². The normalized spacial score (nSPS) is 18.2. The van der Waals surface area contributed by atoms with Gasteiger partial charge >= 0.3 is 11.7 Å². The van der Waals surface area contributed by atoms with Crippen molar-refractivity contribution in [1.29, 1.82) is 0 Å². The number of aryl methyl sites for hydroxylation is 1. The second-order valence-corrected chi connectivity index (χ2v) is 7.56. The Morgan fingerprint density at radius 2 is 2.10 bits per heavy atom. The Hall–Kier alpha value is -3.89. The highest BCUT2D eigenvalue weighted by Crippen LogP contribution is 2.36. The van der Waals surface area contributed by atoms with Gasteiger partial charge in [-0.3, -0.25) is 9.20 Å². The fourth-order valence-corrected chi connectivity index (χ4v) is 4.14. The maximum absolute atomic E-state index is 12.9. The van der Waals surface area contributed by atoms with E-state index < -0.39 is 12.0 Å². The quantitative estimate of drug-likeness (QED) is 0.650. The molecule has 1 N–H and O–H groups in total. The van der Waals surface area contributed by atoms with Crippen LogP contribution in [0.4, 0.5) is 11.5 Å². The third kappa shape index (κ3) is 3.09. The predicted octanol–water partition coefficient (Wildman–Crippen LogP) is 0.648. The number of aromatic nitrogens is 4. The van der Waals surface area contributed by atoms with Crippen molar-refractivity contribution in [2.75, 3.05) is 24.6 Å². The molecule has 3 aromatic heterocycles. The van der Waals surface area contributed by atoms with Gasteiger partial charge in [-0.15, -0.1) is 0 Å². The van der Waals surface area contributed by atoms with Gasteiger partial charge in [0.25, 0.3) is 5.91 Å². The van der Waals surface area contributed by atoms with Gasteiger partial charge in [0, 0.05) is 37.7 Å². The van der Waals surface area contributed by atoms with Crippen molar-refractivity contribution in [3.05, 3.63) is 46.6 Å². The summed E-state index contributed by atoms with van der Waals surface area (Å²) in [4.78, 5) is 44.1. The molecule has 0 aromatic carbocycles. The first-order valence-corrected chi connectivity index (χ1v) is 9.93. The van der Waals surface area contributed by atoms with E-state index in [1.165, 1.54) is 20.2 Å². The topological polar surface area (TPSA) is 122 Å². The lowest BCUT2D eigenvalue weighted by Crippen LogP contribution is -2.40. The van der Waals surface area contributed by atoms with E-state index in [0.29, 0.717) is 55.3 Å². The molecule has 2 aliphatic rings. The van der Waals surface area contributed by atoms with Crippen molar-refractivity contribution in [1.82, 2.24) is 24.1 Å². The number of nitrogens with zero attached hydrogens (tertiary/aromatic N) is 6. The summed E-state index contributed by atoms with van der Waals surface area (Å²) in [6.45, 7) is 1.32. The molecule has 0 radical (unpaired) electrons. The minimum Gasteiger partial charge on any atom is -0.488 e. The minimum absolute atomic E-state index is 0.230. The van der Waals surface area contributed by atoms with Gasteiger partial charge in [-0.2, -0.15) is 5.10 Å². The van der Waals surface area contributed by atoms with Crippen LogP contribution in [0.5, 0.6) is 5.75 Å². The molecule has 160 valence electrons. The molecule has 2 aliphatic heterocycles. The summed E-state index contributed by atoms with van der Waals surface area (Å²) >= 11 is 0. The van der Waals surface area contributed by atoms with Crippen molar-refractivity contribution in [3.63, 3.8) is 0 Å². The van der Waals surface area contributed by atoms with E-state index in [-0.39, 0.29) is 11.6 Å². The van der Waals surface area contributed by atoms with Crippen LogP contribution >= 0.6 is 0 Å². The third-order valence-corrected chi connectivity index (χ3v) is 5.67. The lowest BCUT2D eigenvalue weighted by atomic mass is 10.2. The molecule has 0 bridgehead atoms. The number of anilines is 2. The van der Waals surface area contributed by atoms with E-state index in [1.54, 1.807) is 31.4 Å². The molecule has 11 nitrogen and oxygen atoms in total. The van der Waals surface area contributed by atoms with Crippen molar-refractivity contribution in [2.45, 2.75) is 18.9 Å². The molecule has 11 heteroatoms. The highest BCUT2D eigenvalue weighted by Gasteiger charge is 2.35. The number of ether oxygens (including phenoxy) is 1. The average Bonchev–Trinajstić information content (AvgIpc) is 3.37. The molecular formula is C20H20N6O5. The fourth-order valence-electron chi connectivity index (χ4n) is 4.14. The van der Waals surface area contributed by atoms with Gasteiger partial charge in [0.15, 0.2) is 17.2 Å². The zero-order chi connectivity index (χ0) is 21.7. The number of carboxylic acids is 1. The van der Waals surface area contributed by atoms with Crippen molar-refractivity contribution < 1.29 is 19.4 Å². The fraction of sp³-hybridized carbons (Fsp3) is 0.350. The molecule has 0 unspecified atom stereocenters. The monoisotopic (exact) mass is 424 g/mol. The number of likely N-dealkylation sites (tertiary alicyclic amines) is 1. The van der Waals surface area contributed by atoms with Gasteiger partial charge in [0.05, 0.1) is 12.1 Å². The van der Waals surface area contributed by atoms with Crippen molar-refractivity contribution >= 4 is 29.0 Å². The van der Waals surface area contributed by atoms with Crippen LogP contribution in [0.25, 0.3) is 5.65 Å². The summed E-state index contributed by atoms with van der Waals surface area (Å²) in [5.74, 6) is -0.374. The van der Waals surface area contributed by atoms with Crippen molar-refractivity contribution in [3.8, 4) is 5.75 Å². The van der Waals surface area contributed by atoms with Gasteiger partial charge in [-0.05, 0) is 25.0 Å². The first-order chi connectivity index (χ1) is 14.9. The van der Waals surface area contributed by atoms with Crippen LogP contribution in [0, 0.1) is 0 Å². The molecular weight excluding hydrogens is 404 g/mol. The van der Waals surface area contributed by atoms with E-state index in [4.69, 9.17) is 4.74 Å². The minimum atomic E-state index is -0.997. The van der Waals surface area contributed by atoms with E-state index >= 15 is 0 Å². The van der Waals surface area contributed by atoms with Crippen LogP contribution in [0.15, 0.2) is 35.4 Å². The van der Waals surface area contributed by atoms with Gasteiger partial charge in [0.2, 0.25) is 0 Å². The van der Waals surface area contributed by atoms with E-state index in [2.05, 4.69) is 10.1 Å². The molecule has 0 saturated carbocycles. The molecule has 5 heterocycles. The Morgan fingerprint density at radius 3 is 2.90 bits per heavy atom. The maximum Gasteiger partial charge on any atom is 0.350 e. The van der Waals surface area contributed by atoms with E-state index in [1.807, 2.05) is 4.90 Å². The summed E-state index contributed by atoms with van der Waals surface area (Å²) in [5.41, 5.74) is 1.37. The Kier molecular flexibility index (Phi) is 4.38. The number of carbonyl (C=O) groups excluding carboxylic acids is 1. The molecule has 1 atom stereocenters. The highest BCUT2D eigenvalue weighted by atomic mass is 16.5. The van der Waals surface area contributed by atoms with Crippen LogP contribution in [-0.4, -0.2) is 66.8 Å². The molecule has 1 amide bonds. The van der Waals surface area contributed by atoms with Gasteiger partial charge in [-0.25, -0.2) is 19.3 Å². The van der Waals surface area contributed by atoms with Crippen molar-refractivity contribution in [2.24, 2.45) is 7.05 Å². The summed E-state index contributed by atoms with van der Waals surface area (Å²) in [6, 6.07) is 4.39. The molecule has 3 aromatic rings. The maximum atomic E-state index is 12.9. The highest BCUT2D eigenvalue weighted by molar-refractivity contribution is 5.97. The van der Waals surface area contributed by atoms with Crippen LogP contribution < -0.4 is 15.3 Å². The van der Waals surface area contributed by atoms with Gasteiger partial charge < -0.3 is 19.6 Å². The number of aliphatic carboxylic acids is 1. The SMILES string of the molecule is Cn1nc2cc(N3CCOc4cc(C(=O)N5CCC[C@@H]5C(=O)O)cnc43)ccn2c1=O. The van der Waals surface area contributed by atoms with E-state index in [0.717, 1.165) is 5.69 Å². The number of carboxylic acid groups (broad SMARTS) is 1. The largest absolute Gasteiger partial charge is 0.488 e. The lowest BCUT2D eigenvalue weighted by molar-refractivity contribution is -0.141. The first-order valence-electron chi connectivity index (χ1n) is 9.93. The van der Waals surface area contributed by atoms with Crippen LogP contribution in [0.1, 0.15) is 23.2 Å². The van der Waals surface area contributed by atoms with E-state index in [9.17, 15) is 19.5 Å². The second-order valence-electron chi connectivity index (χ2n) is 7.56. The number of carbonyl (C=O) groups is 2. The predicted molar refractivity (Wildman–Crippen MR) is 109 cm³/mol. The third-order valence-electron chi connectivity index (χ3n) is 5.67. The molecule has 0 spiro atoms. The summed E-state index contributed by atoms with van der Waals surface area (Å²) in [7, 11) is 1.59. The first kappa shape index (κ1) is 19.1. The Morgan fingerprint density at radius 1 is 1.26 bits per heavy atom. The average molecular weight is 424 g/mol. The van der Waals surface area contributed by atoms with Crippen LogP contribution in [0.2, 0.25) is 0 Å². The smallest absolute Gasteiger partial charge is 0.350 e. The molecule has 0 aliphatic carbocycles. The number of hydrogen-bond acceptors (Lipinski definition) is 7. The molecule has 31 heavy (non-hydrogen) atoms. The Labute approximate surface area is 176 Å². The lowest BCUT2D eigenvalue weighted by Gasteiger charge is -2.30. The number of fused-ring (bicyclic) bond motifs is 2. The molecule has 1 saturated heterocycles. The summed E-state index contributed by atoms with van der Waals surface area (Å²) in [5, 5.41) is 13.6. The Balaban J connectivity index is 1.47. The van der Waals surface area contributed by atoms with Gasteiger partial charge in [-0.1, -0.05) is 0 Å². The number of amides is 1. The van der Waals surface area contributed by atoms with Gasteiger partial charge in [0.1, 0.15) is 12.6 Å². The summed E-state index contributed by atoms with van der Waals surface area (Å²) < 4.78 is 8.47. The Bertz CT molecular complexity index is 1260. The zero-order valence-corrected chi connectivity index (χ0v) is 16.8. The zero-order valence-electron chi connectivity index (χ0n) is 16.8. The number of pyridine rings is 2. The number of hydrogen-bond donors (Lipinski definition) is 1. The molecule has 5 rings (SSSR count).